The van der Waals surface area contributed by atoms with Crippen LogP contribution in [-0.4, -0.2) is 45.4 Å². The Labute approximate surface area is 163 Å². The predicted molar refractivity (Wildman–Crippen MR) is 102 cm³/mol. The quantitative estimate of drug-likeness (QED) is 0.737. The van der Waals surface area contributed by atoms with Crippen LogP contribution in [0.15, 0.2) is 24.3 Å². The van der Waals surface area contributed by atoms with Crippen LogP contribution in [0.5, 0.6) is 0 Å². The van der Waals surface area contributed by atoms with E-state index in [9.17, 15) is 9.59 Å². The minimum absolute atomic E-state index is 0.237. The van der Waals surface area contributed by atoms with Crippen LogP contribution < -0.4 is 10.6 Å². The Kier molecular flexibility index (Phi) is 6.23. The molecule has 1 aromatic heterocycles. The van der Waals surface area contributed by atoms with E-state index in [0.717, 1.165) is 32.1 Å². The van der Waals surface area contributed by atoms with E-state index < -0.39 is 11.5 Å². The van der Waals surface area contributed by atoms with Crippen LogP contribution in [0.4, 0.5) is 4.79 Å². The minimum atomic E-state index is -0.652. The topological polar surface area (TPSA) is 111 Å². The van der Waals surface area contributed by atoms with Gasteiger partial charge in [-0.05, 0) is 55.3 Å². The Bertz CT molecular complexity index is 829. The molecule has 0 spiro atoms. The van der Waals surface area contributed by atoms with Crippen LogP contribution >= 0.6 is 0 Å². The van der Waals surface area contributed by atoms with Crippen molar-refractivity contribution in [3.05, 3.63) is 35.7 Å². The number of nitrogens with zero attached hydrogens (tertiary/aromatic N) is 4. The molecule has 1 heterocycles. The maximum absolute atomic E-state index is 12.3. The first kappa shape index (κ1) is 19.8. The van der Waals surface area contributed by atoms with Gasteiger partial charge in [-0.3, -0.25) is 0 Å². The fraction of sp³-hybridized carbons (Fsp3) is 0.526. The summed E-state index contributed by atoms with van der Waals surface area (Å²) in [6.07, 6.45) is 4.56. The van der Waals surface area contributed by atoms with Gasteiger partial charge in [-0.15, -0.1) is 5.10 Å². The average molecular weight is 386 g/mol. The molecule has 0 unspecified atom stereocenters. The molecule has 2 N–H and O–H groups in total. The maximum Gasteiger partial charge on any atom is 0.338 e. The van der Waals surface area contributed by atoms with Crippen LogP contribution in [0.3, 0.4) is 0 Å². The Morgan fingerprint density at radius 2 is 2.00 bits per heavy atom. The number of rotatable bonds is 6. The van der Waals surface area contributed by atoms with Gasteiger partial charge in [0.1, 0.15) is 5.54 Å². The summed E-state index contributed by atoms with van der Waals surface area (Å²) in [4.78, 5) is 24.4. The molecule has 1 fully saturated rings. The first-order valence-corrected chi connectivity index (χ1v) is 9.72. The third kappa shape index (κ3) is 4.13. The molecule has 2 amide bonds. The molecule has 0 aliphatic heterocycles. The van der Waals surface area contributed by atoms with Gasteiger partial charge in [0.2, 0.25) is 0 Å². The summed E-state index contributed by atoms with van der Waals surface area (Å²) in [5, 5.41) is 18.1. The maximum atomic E-state index is 12.3. The molecule has 1 saturated carbocycles. The zero-order valence-electron chi connectivity index (χ0n) is 16.3. The van der Waals surface area contributed by atoms with Crippen molar-refractivity contribution < 1.29 is 14.3 Å². The Morgan fingerprint density at radius 1 is 1.21 bits per heavy atom. The largest absolute Gasteiger partial charge is 0.462 e. The lowest BCUT2D eigenvalue weighted by Gasteiger charge is -2.36. The van der Waals surface area contributed by atoms with Crippen LogP contribution in [-0.2, 0) is 10.3 Å². The highest BCUT2D eigenvalue weighted by atomic mass is 16.5. The molecule has 1 aliphatic carbocycles. The highest BCUT2D eigenvalue weighted by Gasteiger charge is 2.40. The van der Waals surface area contributed by atoms with Crippen molar-refractivity contribution in [3.63, 3.8) is 0 Å². The molecule has 1 aromatic carbocycles. The number of benzene rings is 1. The third-order valence-corrected chi connectivity index (χ3v) is 4.90. The van der Waals surface area contributed by atoms with Gasteiger partial charge < -0.3 is 15.4 Å². The molecule has 0 saturated heterocycles. The number of esters is 1. The van der Waals surface area contributed by atoms with Gasteiger partial charge in [0.15, 0.2) is 5.82 Å². The number of carbonyl (C=O) groups excluding carboxylic acids is 2. The predicted octanol–water partition coefficient (Wildman–Crippen LogP) is 2.32. The number of urea groups is 1. The van der Waals surface area contributed by atoms with Crippen molar-refractivity contribution in [2.45, 2.75) is 51.5 Å². The van der Waals surface area contributed by atoms with Gasteiger partial charge in [0.05, 0.1) is 17.9 Å². The summed E-state index contributed by atoms with van der Waals surface area (Å²) in [7, 11) is 0. The first-order chi connectivity index (χ1) is 13.6. The van der Waals surface area contributed by atoms with Crippen molar-refractivity contribution >= 4 is 12.0 Å². The van der Waals surface area contributed by atoms with E-state index >= 15 is 0 Å². The van der Waals surface area contributed by atoms with E-state index in [-0.39, 0.29) is 6.03 Å². The number of carbonyl (C=O) groups is 2. The Morgan fingerprint density at radius 3 is 2.71 bits per heavy atom. The molecule has 3 rings (SSSR count). The number of hydrogen-bond donors (Lipinski definition) is 2. The van der Waals surface area contributed by atoms with Gasteiger partial charge in [0, 0.05) is 6.54 Å². The van der Waals surface area contributed by atoms with Gasteiger partial charge in [0.25, 0.3) is 0 Å². The molecular formula is C19H26N6O3. The van der Waals surface area contributed by atoms with E-state index in [1.54, 1.807) is 29.8 Å². The standard InChI is InChI=1S/C19H26N6O3/c1-3-20-18(27)21-19(11-6-5-7-12-19)17-22-23-24-25(17)15-10-8-9-14(13-15)16(26)28-4-2/h8-10,13H,3-7,11-12H2,1-2H3,(H2,20,21,27). The molecule has 9 nitrogen and oxygen atoms in total. The molecule has 28 heavy (non-hydrogen) atoms. The van der Waals surface area contributed by atoms with Crippen LogP contribution in [0.2, 0.25) is 0 Å². The molecular weight excluding hydrogens is 360 g/mol. The minimum Gasteiger partial charge on any atom is -0.462 e. The Balaban J connectivity index is 1.98. The molecule has 1 aliphatic rings. The number of amides is 2. The second-order valence-corrected chi connectivity index (χ2v) is 6.81. The van der Waals surface area contributed by atoms with E-state index in [2.05, 4.69) is 26.2 Å². The lowest BCUT2D eigenvalue weighted by Crippen LogP contribution is -2.52. The summed E-state index contributed by atoms with van der Waals surface area (Å²) in [6, 6.07) is 6.73. The second kappa shape index (κ2) is 8.81. The molecule has 0 bridgehead atoms. The third-order valence-electron chi connectivity index (χ3n) is 4.90. The van der Waals surface area contributed by atoms with E-state index in [0.29, 0.717) is 30.2 Å². The number of nitrogens with one attached hydrogen (secondary N) is 2. The fourth-order valence-corrected chi connectivity index (χ4v) is 3.62. The van der Waals surface area contributed by atoms with Crippen molar-refractivity contribution in [3.8, 4) is 5.69 Å². The lowest BCUT2D eigenvalue weighted by atomic mass is 9.81. The average Bonchev–Trinajstić information content (AvgIpc) is 3.20. The van der Waals surface area contributed by atoms with Crippen molar-refractivity contribution in [2.75, 3.05) is 13.2 Å². The van der Waals surface area contributed by atoms with Crippen molar-refractivity contribution in [1.29, 1.82) is 0 Å². The number of ether oxygens (including phenoxy) is 1. The summed E-state index contributed by atoms with van der Waals surface area (Å²) in [5.74, 6) is 0.172. The highest BCUT2D eigenvalue weighted by molar-refractivity contribution is 5.90. The normalized spacial score (nSPS) is 15.6. The Hall–Kier alpha value is -2.97. The van der Waals surface area contributed by atoms with Gasteiger partial charge >= 0.3 is 12.0 Å². The van der Waals surface area contributed by atoms with Gasteiger partial charge in [-0.1, -0.05) is 25.3 Å². The SMILES string of the molecule is CCNC(=O)NC1(c2nnnn2-c2cccc(C(=O)OCC)c2)CCCCC1. The summed E-state index contributed by atoms with van der Waals surface area (Å²) in [6.45, 7) is 4.48. The van der Waals surface area contributed by atoms with Gasteiger partial charge in [-0.2, -0.15) is 4.68 Å². The molecule has 0 atom stereocenters. The lowest BCUT2D eigenvalue weighted by molar-refractivity contribution is 0.0526. The van der Waals surface area contributed by atoms with Crippen molar-refractivity contribution in [2.24, 2.45) is 0 Å². The van der Waals surface area contributed by atoms with Crippen LogP contribution in [0.1, 0.15) is 62.1 Å². The highest BCUT2D eigenvalue weighted by Crippen LogP contribution is 2.36. The molecule has 2 aromatic rings. The zero-order chi connectivity index (χ0) is 20.0. The monoisotopic (exact) mass is 386 g/mol. The molecule has 150 valence electrons. The number of hydrogen-bond acceptors (Lipinski definition) is 6. The number of tetrazole rings is 1. The number of aromatic nitrogens is 4. The first-order valence-electron chi connectivity index (χ1n) is 9.72. The van der Waals surface area contributed by atoms with Crippen molar-refractivity contribution in [1.82, 2.24) is 30.8 Å². The van der Waals surface area contributed by atoms with E-state index in [1.165, 1.54) is 0 Å². The second-order valence-electron chi connectivity index (χ2n) is 6.81. The smallest absolute Gasteiger partial charge is 0.338 e. The summed E-state index contributed by atoms with van der Waals surface area (Å²) < 4.78 is 6.68. The zero-order valence-corrected chi connectivity index (χ0v) is 16.3. The molecule has 0 radical (unpaired) electrons. The van der Waals surface area contributed by atoms with Crippen LogP contribution in [0.25, 0.3) is 5.69 Å². The van der Waals surface area contributed by atoms with Crippen LogP contribution in [0, 0.1) is 0 Å². The molecule has 9 heteroatoms. The van der Waals surface area contributed by atoms with E-state index in [1.807, 2.05) is 13.0 Å². The van der Waals surface area contributed by atoms with Gasteiger partial charge in [-0.25, -0.2) is 9.59 Å². The summed E-state index contributed by atoms with van der Waals surface area (Å²) >= 11 is 0. The van der Waals surface area contributed by atoms with E-state index in [4.69, 9.17) is 4.74 Å². The fourth-order valence-electron chi connectivity index (χ4n) is 3.62. The summed E-state index contributed by atoms with van der Waals surface area (Å²) in [5.41, 5.74) is 0.421.